The summed E-state index contributed by atoms with van der Waals surface area (Å²) < 4.78 is 0. The van der Waals surface area contributed by atoms with Crippen molar-refractivity contribution in [1.82, 2.24) is 10.2 Å². The van der Waals surface area contributed by atoms with E-state index in [0.29, 0.717) is 12.1 Å². The van der Waals surface area contributed by atoms with Gasteiger partial charge in [-0.2, -0.15) is 0 Å². The third-order valence-corrected chi connectivity index (χ3v) is 3.62. The lowest BCUT2D eigenvalue weighted by Gasteiger charge is -2.27. The molecule has 0 amide bonds. The lowest BCUT2D eigenvalue weighted by atomic mass is 10.0. The molecule has 0 bridgehead atoms. The largest absolute Gasteiger partial charge is 0.306 e. The molecule has 0 saturated carbocycles. The number of hydrogen-bond acceptors (Lipinski definition) is 2. The molecule has 0 fully saturated rings. The van der Waals surface area contributed by atoms with E-state index in [0.717, 1.165) is 19.6 Å². The Labute approximate surface area is 112 Å². The van der Waals surface area contributed by atoms with Crippen LogP contribution in [-0.2, 0) is 0 Å². The molecule has 18 heavy (non-hydrogen) atoms. The van der Waals surface area contributed by atoms with Gasteiger partial charge < -0.3 is 10.2 Å². The number of rotatable bonds is 7. The van der Waals surface area contributed by atoms with Crippen molar-refractivity contribution in [2.24, 2.45) is 0 Å². The summed E-state index contributed by atoms with van der Waals surface area (Å²) in [5.74, 6) is 0. The smallest absolute Gasteiger partial charge is 0.0297 e. The molecule has 1 rings (SSSR count). The van der Waals surface area contributed by atoms with E-state index in [1.807, 2.05) is 0 Å². The normalized spacial score (nSPS) is 14.8. The molecule has 2 nitrogen and oxygen atoms in total. The van der Waals surface area contributed by atoms with Crippen LogP contribution in [0.2, 0.25) is 0 Å². The number of aryl methyl sites for hydroxylation is 1. The monoisotopic (exact) mass is 248 g/mol. The highest BCUT2D eigenvalue weighted by atomic mass is 15.1. The van der Waals surface area contributed by atoms with Gasteiger partial charge in [0, 0.05) is 18.6 Å². The van der Waals surface area contributed by atoms with Crippen molar-refractivity contribution in [2.45, 2.75) is 46.7 Å². The standard InChI is InChI=1S/C16H28N2/c1-6-18(7-2)12-14(4)17-15(5)16-11-9-8-10-13(16)3/h8-11,14-15,17H,6-7,12H2,1-5H3. The lowest BCUT2D eigenvalue weighted by Crippen LogP contribution is -2.40. The molecular weight excluding hydrogens is 220 g/mol. The third kappa shape index (κ3) is 4.43. The Morgan fingerprint density at radius 1 is 1.11 bits per heavy atom. The topological polar surface area (TPSA) is 15.3 Å². The molecular formula is C16H28N2. The molecule has 1 aromatic carbocycles. The first-order valence-corrected chi connectivity index (χ1v) is 7.12. The van der Waals surface area contributed by atoms with Crippen LogP contribution in [-0.4, -0.2) is 30.6 Å². The van der Waals surface area contributed by atoms with Crippen LogP contribution in [0.15, 0.2) is 24.3 Å². The summed E-state index contributed by atoms with van der Waals surface area (Å²) in [6.07, 6.45) is 0. The first-order valence-electron chi connectivity index (χ1n) is 7.12. The molecule has 0 aliphatic carbocycles. The first kappa shape index (κ1) is 15.2. The maximum absolute atomic E-state index is 3.69. The third-order valence-electron chi connectivity index (χ3n) is 3.62. The average molecular weight is 248 g/mol. The molecule has 102 valence electrons. The second kappa shape index (κ2) is 7.55. The minimum absolute atomic E-state index is 0.414. The van der Waals surface area contributed by atoms with Gasteiger partial charge in [-0.05, 0) is 45.0 Å². The van der Waals surface area contributed by atoms with E-state index in [1.165, 1.54) is 11.1 Å². The van der Waals surface area contributed by atoms with Crippen molar-refractivity contribution in [3.8, 4) is 0 Å². The summed E-state index contributed by atoms with van der Waals surface area (Å²) in [5, 5.41) is 3.69. The molecule has 0 spiro atoms. The van der Waals surface area contributed by atoms with Crippen LogP contribution in [0.25, 0.3) is 0 Å². The first-order chi connectivity index (χ1) is 8.58. The Morgan fingerprint density at radius 2 is 1.72 bits per heavy atom. The van der Waals surface area contributed by atoms with Gasteiger partial charge in [-0.3, -0.25) is 0 Å². The fourth-order valence-corrected chi connectivity index (χ4v) is 2.51. The van der Waals surface area contributed by atoms with Gasteiger partial charge in [0.05, 0.1) is 0 Å². The van der Waals surface area contributed by atoms with Crippen LogP contribution in [0.3, 0.4) is 0 Å². The highest BCUT2D eigenvalue weighted by Crippen LogP contribution is 2.17. The molecule has 2 atom stereocenters. The molecule has 0 aromatic heterocycles. The molecule has 2 heteroatoms. The van der Waals surface area contributed by atoms with Crippen molar-refractivity contribution >= 4 is 0 Å². The Balaban J connectivity index is 2.54. The van der Waals surface area contributed by atoms with E-state index < -0.39 is 0 Å². The molecule has 0 aliphatic rings. The number of nitrogens with zero attached hydrogens (tertiary/aromatic N) is 1. The molecule has 1 N–H and O–H groups in total. The van der Waals surface area contributed by atoms with Crippen molar-refractivity contribution in [2.75, 3.05) is 19.6 Å². The van der Waals surface area contributed by atoms with Gasteiger partial charge in [-0.1, -0.05) is 38.1 Å². The van der Waals surface area contributed by atoms with Gasteiger partial charge in [-0.25, -0.2) is 0 Å². The predicted molar refractivity (Wildman–Crippen MR) is 80.0 cm³/mol. The summed E-state index contributed by atoms with van der Waals surface area (Å²) in [4.78, 5) is 2.46. The highest BCUT2D eigenvalue weighted by Gasteiger charge is 2.12. The molecule has 0 heterocycles. The number of nitrogens with one attached hydrogen (secondary N) is 1. The minimum Gasteiger partial charge on any atom is -0.306 e. The van der Waals surface area contributed by atoms with Crippen LogP contribution in [0.5, 0.6) is 0 Å². The molecule has 2 unspecified atom stereocenters. The van der Waals surface area contributed by atoms with E-state index in [1.54, 1.807) is 0 Å². The molecule has 0 radical (unpaired) electrons. The van der Waals surface area contributed by atoms with E-state index in [2.05, 4.69) is 69.1 Å². The molecule has 1 aromatic rings. The van der Waals surface area contributed by atoms with Gasteiger partial charge in [-0.15, -0.1) is 0 Å². The van der Waals surface area contributed by atoms with Gasteiger partial charge in [0.25, 0.3) is 0 Å². The van der Waals surface area contributed by atoms with Crippen molar-refractivity contribution in [3.05, 3.63) is 35.4 Å². The Kier molecular flexibility index (Phi) is 6.37. The van der Waals surface area contributed by atoms with Gasteiger partial charge >= 0.3 is 0 Å². The molecule has 0 saturated heterocycles. The van der Waals surface area contributed by atoms with E-state index >= 15 is 0 Å². The predicted octanol–water partition coefficient (Wildman–Crippen LogP) is 3.38. The van der Waals surface area contributed by atoms with Gasteiger partial charge in [0.15, 0.2) is 0 Å². The van der Waals surface area contributed by atoms with Crippen LogP contribution >= 0.6 is 0 Å². The Bertz CT molecular complexity index is 345. The summed E-state index contributed by atoms with van der Waals surface area (Å²) in [5.41, 5.74) is 2.77. The SMILES string of the molecule is CCN(CC)CC(C)NC(C)c1ccccc1C. The quantitative estimate of drug-likeness (QED) is 0.796. The number of benzene rings is 1. The average Bonchev–Trinajstić information content (AvgIpc) is 2.36. The Morgan fingerprint density at radius 3 is 2.28 bits per heavy atom. The maximum Gasteiger partial charge on any atom is 0.0297 e. The fourth-order valence-electron chi connectivity index (χ4n) is 2.51. The van der Waals surface area contributed by atoms with E-state index in [-0.39, 0.29) is 0 Å². The fraction of sp³-hybridized carbons (Fsp3) is 0.625. The van der Waals surface area contributed by atoms with Crippen molar-refractivity contribution in [1.29, 1.82) is 0 Å². The van der Waals surface area contributed by atoms with E-state index in [4.69, 9.17) is 0 Å². The van der Waals surface area contributed by atoms with Crippen LogP contribution in [0, 0.1) is 6.92 Å². The van der Waals surface area contributed by atoms with E-state index in [9.17, 15) is 0 Å². The van der Waals surface area contributed by atoms with Crippen LogP contribution in [0.4, 0.5) is 0 Å². The minimum atomic E-state index is 0.414. The number of hydrogen-bond donors (Lipinski definition) is 1. The summed E-state index contributed by atoms with van der Waals surface area (Å²) >= 11 is 0. The summed E-state index contributed by atoms with van der Waals surface area (Å²) in [6.45, 7) is 14.5. The van der Waals surface area contributed by atoms with Crippen molar-refractivity contribution < 1.29 is 0 Å². The van der Waals surface area contributed by atoms with Gasteiger partial charge in [0.2, 0.25) is 0 Å². The zero-order chi connectivity index (χ0) is 13.5. The summed E-state index contributed by atoms with van der Waals surface area (Å²) in [7, 11) is 0. The Hall–Kier alpha value is -0.860. The maximum atomic E-state index is 3.69. The zero-order valence-corrected chi connectivity index (χ0v) is 12.5. The number of likely N-dealkylation sites (N-methyl/N-ethyl adjacent to an activating group) is 1. The zero-order valence-electron chi connectivity index (χ0n) is 12.5. The molecule has 0 aliphatic heterocycles. The lowest BCUT2D eigenvalue weighted by molar-refractivity contribution is 0.264. The second-order valence-corrected chi connectivity index (χ2v) is 5.13. The van der Waals surface area contributed by atoms with Crippen LogP contribution < -0.4 is 5.32 Å². The second-order valence-electron chi connectivity index (χ2n) is 5.13. The van der Waals surface area contributed by atoms with Crippen molar-refractivity contribution in [3.63, 3.8) is 0 Å². The highest BCUT2D eigenvalue weighted by molar-refractivity contribution is 5.28. The van der Waals surface area contributed by atoms with Crippen LogP contribution in [0.1, 0.15) is 44.9 Å². The van der Waals surface area contributed by atoms with Gasteiger partial charge in [0.1, 0.15) is 0 Å². The summed E-state index contributed by atoms with van der Waals surface area (Å²) in [6, 6.07) is 9.55.